The van der Waals surface area contributed by atoms with Gasteiger partial charge in [0.25, 0.3) is 0 Å². The molecular formula is C8H18N2O2S. The Kier molecular flexibility index (Phi) is 6.15. The van der Waals surface area contributed by atoms with Crippen LogP contribution in [0.25, 0.3) is 0 Å². The molecule has 13 heavy (non-hydrogen) atoms. The highest BCUT2D eigenvalue weighted by atomic mass is 32.1. The summed E-state index contributed by atoms with van der Waals surface area (Å²) in [6.07, 6.45) is -0.725. The van der Waals surface area contributed by atoms with Crippen molar-refractivity contribution in [2.45, 2.75) is 26.0 Å². The van der Waals surface area contributed by atoms with E-state index in [2.05, 4.69) is 0 Å². The van der Waals surface area contributed by atoms with Crippen molar-refractivity contribution in [2.75, 3.05) is 19.7 Å². The highest BCUT2D eigenvalue weighted by Gasteiger charge is 2.14. The number of aliphatic hydroxyl groups is 2. The summed E-state index contributed by atoms with van der Waals surface area (Å²) in [6, 6.07) is 0.252. The van der Waals surface area contributed by atoms with Gasteiger partial charge in [-0.15, -0.1) is 0 Å². The Morgan fingerprint density at radius 1 is 1.54 bits per heavy atom. The van der Waals surface area contributed by atoms with Gasteiger partial charge in [0, 0.05) is 19.1 Å². The second-order valence-electron chi connectivity index (χ2n) is 3.33. The predicted molar refractivity (Wildman–Crippen MR) is 56.6 cm³/mol. The van der Waals surface area contributed by atoms with E-state index in [1.807, 2.05) is 18.7 Å². The van der Waals surface area contributed by atoms with Crippen LogP contribution >= 0.6 is 12.2 Å². The second kappa shape index (κ2) is 6.26. The van der Waals surface area contributed by atoms with Crippen molar-refractivity contribution >= 4 is 17.2 Å². The summed E-state index contributed by atoms with van der Waals surface area (Å²) in [4.78, 5) is 2.32. The van der Waals surface area contributed by atoms with Gasteiger partial charge in [-0.25, -0.2) is 0 Å². The zero-order valence-corrected chi connectivity index (χ0v) is 8.92. The van der Waals surface area contributed by atoms with Crippen LogP contribution in [0.5, 0.6) is 0 Å². The number of thiocarbonyl (C=S) groups is 1. The van der Waals surface area contributed by atoms with Gasteiger partial charge >= 0.3 is 0 Å². The van der Waals surface area contributed by atoms with Crippen molar-refractivity contribution in [3.05, 3.63) is 0 Å². The maximum absolute atomic E-state index is 9.21. The summed E-state index contributed by atoms with van der Waals surface area (Å²) in [7, 11) is 0. The van der Waals surface area contributed by atoms with Crippen molar-refractivity contribution in [3.8, 4) is 0 Å². The van der Waals surface area contributed by atoms with E-state index in [4.69, 9.17) is 23.1 Å². The van der Waals surface area contributed by atoms with Gasteiger partial charge in [-0.2, -0.15) is 0 Å². The van der Waals surface area contributed by atoms with Crippen molar-refractivity contribution < 1.29 is 10.2 Å². The molecule has 0 bridgehead atoms. The zero-order valence-electron chi connectivity index (χ0n) is 8.10. The lowest BCUT2D eigenvalue weighted by Crippen LogP contribution is -2.43. The van der Waals surface area contributed by atoms with Gasteiger partial charge in [-0.1, -0.05) is 12.2 Å². The lowest BCUT2D eigenvalue weighted by atomic mass is 10.2. The van der Waals surface area contributed by atoms with Gasteiger partial charge in [0.2, 0.25) is 0 Å². The quantitative estimate of drug-likeness (QED) is 0.503. The van der Waals surface area contributed by atoms with Gasteiger partial charge in [0.15, 0.2) is 0 Å². The molecule has 0 amide bonds. The third kappa shape index (κ3) is 5.93. The van der Waals surface area contributed by atoms with Crippen LogP contribution in [0.1, 0.15) is 13.8 Å². The Balaban J connectivity index is 4.02. The minimum atomic E-state index is -0.725. The van der Waals surface area contributed by atoms with Crippen molar-refractivity contribution in [3.63, 3.8) is 0 Å². The first-order valence-electron chi connectivity index (χ1n) is 4.28. The van der Waals surface area contributed by atoms with Gasteiger partial charge in [-0.3, -0.25) is 4.90 Å². The normalized spacial score (nSPS) is 13.7. The molecule has 4 nitrogen and oxygen atoms in total. The second-order valence-corrected chi connectivity index (χ2v) is 3.85. The van der Waals surface area contributed by atoms with E-state index in [0.29, 0.717) is 18.1 Å². The van der Waals surface area contributed by atoms with Crippen LogP contribution in [0.15, 0.2) is 0 Å². The first-order valence-corrected chi connectivity index (χ1v) is 4.69. The van der Waals surface area contributed by atoms with E-state index >= 15 is 0 Å². The van der Waals surface area contributed by atoms with Crippen LogP contribution in [0.2, 0.25) is 0 Å². The van der Waals surface area contributed by atoms with Crippen molar-refractivity contribution in [1.29, 1.82) is 0 Å². The maximum atomic E-state index is 9.21. The number of hydrogen-bond donors (Lipinski definition) is 3. The lowest BCUT2D eigenvalue weighted by molar-refractivity contribution is 0.0552. The number of nitrogens with zero attached hydrogens (tertiary/aromatic N) is 1. The van der Waals surface area contributed by atoms with Crippen molar-refractivity contribution in [2.24, 2.45) is 5.73 Å². The molecule has 0 fully saturated rings. The highest BCUT2D eigenvalue weighted by molar-refractivity contribution is 7.80. The maximum Gasteiger partial charge on any atom is 0.0897 e. The zero-order chi connectivity index (χ0) is 10.4. The van der Waals surface area contributed by atoms with Crippen LogP contribution in [0, 0.1) is 0 Å². The van der Waals surface area contributed by atoms with Crippen LogP contribution in [0.3, 0.4) is 0 Å². The fourth-order valence-electron chi connectivity index (χ4n) is 0.987. The van der Waals surface area contributed by atoms with Crippen LogP contribution in [-0.4, -0.2) is 51.9 Å². The third-order valence-corrected chi connectivity index (χ3v) is 1.87. The molecule has 0 radical (unpaired) electrons. The van der Waals surface area contributed by atoms with Gasteiger partial charge in [0.05, 0.1) is 17.7 Å². The number of nitrogens with two attached hydrogens (primary N) is 1. The Labute approximate surface area is 84.3 Å². The average molecular weight is 206 g/mol. The monoisotopic (exact) mass is 206 g/mol. The fraction of sp³-hybridized carbons (Fsp3) is 0.875. The molecule has 0 saturated heterocycles. The number of aliphatic hydroxyl groups excluding tert-OH is 2. The summed E-state index contributed by atoms with van der Waals surface area (Å²) in [5, 5.41) is 17.9. The molecule has 0 heterocycles. The molecule has 0 rings (SSSR count). The molecule has 5 heteroatoms. The van der Waals surface area contributed by atoms with Gasteiger partial charge in [0.1, 0.15) is 0 Å². The summed E-state index contributed by atoms with van der Waals surface area (Å²) in [5.74, 6) is 0. The van der Waals surface area contributed by atoms with Crippen molar-refractivity contribution in [1.82, 2.24) is 4.90 Å². The summed E-state index contributed by atoms with van der Waals surface area (Å²) >= 11 is 4.77. The number of hydrogen-bond acceptors (Lipinski definition) is 4. The summed E-state index contributed by atoms with van der Waals surface area (Å²) in [6.45, 7) is 4.61. The standard InChI is InChI=1S/C8H18N2O2S/c1-6(2)10(4-8(9)13)3-7(12)5-11/h6-7,11-12H,3-5H2,1-2H3,(H2,9,13). The molecule has 1 unspecified atom stereocenters. The highest BCUT2D eigenvalue weighted by Crippen LogP contribution is 1.99. The average Bonchev–Trinajstić information content (AvgIpc) is 2.02. The molecule has 78 valence electrons. The van der Waals surface area contributed by atoms with E-state index in [1.165, 1.54) is 0 Å². The fourth-order valence-corrected chi connectivity index (χ4v) is 1.15. The molecule has 0 aromatic heterocycles. The van der Waals surface area contributed by atoms with Gasteiger partial charge in [-0.05, 0) is 13.8 Å². The van der Waals surface area contributed by atoms with Gasteiger partial charge < -0.3 is 15.9 Å². The Morgan fingerprint density at radius 2 is 2.08 bits per heavy atom. The molecule has 0 aliphatic heterocycles. The van der Waals surface area contributed by atoms with E-state index in [1.54, 1.807) is 0 Å². The smallest absolute Gasteiger partial charge is 0.0897 e. The molecule has 0 saturated carbocycles. The molecule has 0 aliphatic carbocycles. The molecule has 0 aromatic rings. The Bertz CT molecular complexity index is 164. The molecule has 0 aromatic carbocycles. The van der Waals surface area contributed by atoms with Crippen LogP contribution in [-0.2, 0) is 0 Å². The topological polar surface area (TPSA) is 69.7 Å². The summed E-state index contributed by atoms with van der Waals surface area (Å²) in [5.41, 5.74) is 5.39. The molecule has 0 aliphatic rings. The number of rotatable bonds is 6. The lowest BCUT2D eigenvalue weighted by Gasteiger charge is -2.27. The van der Waals surface area contributed by atoms with E-state index in [-0.39, 0.29) is 12.6 Å². The van der Waals surface area contributed by atoms with E-state index in [9.17, 15) is 5.11 Å². The minimum Gasteiger partial charge on any atom is -0.394 e. The largest absolute Gasteiger partial charge is 0.394 e. The third-order valence-electron chi connectivity index (χ3n) is 1.75. The first kappa shape index (κ1) is 12.8. The SMILES string of the molecule is CC(C)N(CC(N)=S)CC(O)CO. The molecule has 4 N–H and O–H groups in total. The van der Waals surface area contributed by atoms with E-state index in [0.717, 1.165) is 0 Å². The Morgan fingerprint density at radius 3 is 2.38 bits per heavy atom. The predicted octanol–water partition coefficient (Wildman–Crippen LogP) is -0.664. The molecule has 1 atom stereocenters. The van der Waals surface area contributed by atoms with Crippen LogP contribution in [0.4, 0.5) is 0 Å². The summed E-state index contributed by atoms with van der Waals surface area (Å²) < 4.78 is 0. The first-order chi connectivity index (χ1) is 5.97. The molecule has 0 spiro atoms. The van der Waals surface area contributed by atoms with Crippen LogP contribution < -0.4 is 5.73 Å². The minimum absolute atomic E-state index is 0.236. The Hall–Kier alpha value is -0.230. The molecular weight excluding hydrogens is 188 g/mol. The van der Waals surface area contributed by atoms with E-state index < -0.39 is 6.10 Å².